The Morgan fingerprint density at radius 3 is 2.70 bits per heavy atom. The second kappa shape index (κ2) is 6.61. The van der Waals surface area contributed by atoms with E-state index >= 15 is 0 Å². The van der Waals surface area contributed by atoms with Gasteiger partial charge in [0.15, 0.2) is 0 Å². The zero-order valence-electron chi connectivity index (χ0n) is 12.7. The second-order valence-electron chi connectivity index (χ2n) is 5.35. The summed E-state index contributed by atoms with van der Waals surface area (Å²) in [5, 5.41) is 23.2. The van der Waals surface area contributed by atoms with Crippen LogP contribution in [0.15, 0.2) is 30.6 Å². The molecule has 3 rings (SSSR count). The Hall–Kier alpha value is -2.68. The first kappa shape index (κ1) is 15.2. The van der Waals surface area contributed by atoms with Crippen molar-refractivity contribution in [3.05, 3.63) is 41.2 Å². The fourth-order valence-corrected chi connectivity index (χ4v) is 2.90. The molecule has 2 aromatic heterocycles. The molecular weight excluding hydrogens is 314 g/mol. The smallest absolute Gasteiger partial charge is 0.257 e. The van der Waals surface area contributed by atoms with Gasteiger partial charge in [0.05, 0.1) is 5.69 Å². The van der Waals surface area contributed by atoms with E-state index in [0.717, 1.165) is 17.1 Å². The Kier molecular flexibility index (Phi) is 4.38. The molecule has 0 bridgehead atoms. The van der Waals surface area contributed by atoms with E-state index in [1.807, 2.05) is 0 Å². The maximum atomic E-state index is 12.2. The highest BCUT2D eigenvalue weighted by Gasteiger charge is 2.11. The fraction of sp³-hybridized carbons (Fsp3) is 0.286. The summed E-state index contributed by atoms with van der Waals surface area (Å²) in [7, 11) is 0. The molecule has 0 unspecified atom stereocenters. The van der Waals surface area contributed by atoms with Crippen LogP contribution in [0.1, 0.15) is 29.2 Å². The van der Waals surface area contributed by atoms with Crippen molar-refractivity contribution in [3.8, 4) is 5.69 Å². The van der Waals surface area contributed by atoms with Gasteiger partial charge in [-0.3, -0.25) is 10.1 Å². The SMILES string of the molecule is CC(C)Cc1nnc(NC(=O)c2ccc(-n3cnnn3)cc2)s1. The van der Waals surface area contributed by atoms with Crippen molar-refractivity contribution in [2.45, 2.75) is 20.3 Å². The molecule has 0 fully saturated rings. The first-order chi connectivity index (χ1) is 11.1. The van der Waals surface area contributed by atoms with E-state index in [1.54, 1.807) is 24.3 Å². The number of anilines is 1. The van der Waals surface area contributed by atoms with Gasteiger partial charge < -0.3 is 0 Å². The van der Waals surface area contributed by atoms with Gasteiger partial charge in [0.2, 0.25) is 5.13 Å². The second-order valence-corrected chi connectivity index (χ2v) is 6.42. The summed E-state index contributed by atoms with van der Waals surface area (Å²) in [6.45, 7) is 4.23. The van der Waals surface area contributed by atoms with Crippen molar-refractivity contribution in [1.29, 1.82) is 0 Å². The van der Waals surface area contributed by atoms with Crippen LogP contribution in [0.5, 0.6) is 0 Å². The lowest BCUT2D eigenvalue weighted by Gasteiger charge is -2.03. The minimum Gasteiger partial charge on any atom is -0.296 e. The third-order valence-electron chi connectivity index (χ3n) is 3.01. The molecule has 1 N–H and O–H groups in total. The third kappa shape index (κ3) is 3.75. The van der Waals surface area contributed by atoms with E-state index in [0.29, 0.717) is 16.6 Å². The van der Waals surface area contributed by atoms with Crippen LogP contribution in [0.4, 0.5) is 5.13 Å². The van der Waals surface area contributed by atoms with Crippen LogP contribution < -0.4 is 5.32 Å². The molecule has 118 valence electrons. The lowest BCUT2D eigenvalue weighted by atomic mass is 10.1. The number of carbonyl (C=O) groups excluding carboxylic acids is 1. The molecule has 0 radical (unpaired) electrons. The Bertz CT molecular complexity index is 780. The quantitative estimate of drug-likeness (QED) is 0.768. The summed E-state index contributed by atoms with van der Waals surface area (Å²) in [5.41, 5.74) is 1.31. The number of aromatic nitrogens is 6. The molecule has 0 spiro atoms. The highest BCUT2D eigenvalue weighted by atomic mass is 32.1. The summed E-state index contributed by atoms with van der Waals surface area (Å²) < 4.78 is 1.52. The van der Waals surface area contributed by atoms with Crippen LogP contribution >= 0.6 is 11.3 Å². The lowest BCUT2D eigenvalue weighted by molar-refractivity contribution is 0.102. The molecule has 0 atom stereocenters. The number of nitrogens with zero attached hydrogens (tertiary/aromatic N) is 6. The Labute approximate surface area is 136 Å². The third-order valence-corrected chi connectivity index (χ3v) is 3.87. The molecular formula is C14H15N7OS. The van der Waals surface area contributed by atoms with Crippen molar-refractivity contribution < 1.29 is 4.79 Å². The molecule has 3 aromatic rings. The van der Waals surface area contributed by atoms with Crippen molar-refractivity contribution in [2.24, 2.45) is 5.92 Å². The number of tetrazole rings is 1. The van der Waals surface area contributed by atoms with E-state index in [2.05, 4.69) is 44.9 Å². The summed E-state index contributed by atoms with van der Waals surface area (Å²) in [6, 6.07) is 6.97. The summed E-state index contributed by atoms with van der Waals surface area (Å²) in [5.74, 6) is 0.283. The van der Waals surface area contributed by atoms with E-state index in [-0.39, 0.29) is 5.91 Å². The van der Waals surface area contributed by atoms with Crippen molar-refractivity contribution in [3.63, 3.8) is 0 Å². The van der Waals surface area contributed by atoms with Gasteiger partial charge in [-0.15, -0.1) is 15.3 Å². The molecule has 1 amide bonds. The molecule has 0 aliphatic carbocycles. The average Bonchev–Trinajstić information content (AvgIpc) is 3.19. The highest BCUT2D eigenvalue weighted by molar-refractivity contribution is 7.15. The Morgan fingerprint density at radius 2 is 2.04 bits per heavy atom. The van der Waals surface area contributed by atoms with Crippen molar-refractivity contribution in [2.75, 3.05) is 5.32 Å². The lowest BCUT2D eigenvalue weighted by Crippen LogP contribution is -2.11. The first-order valence-corrected chi connectivity index (χ1v) is 7.90. The number of rotatable bonds is 5. The van der Waals surface area contributed by atoms with Gasteiger partial charge in [-0.1, -0.05) is 25.2 Å². The predicted molar refractivity (Wildman–Crippen MR) is 85.6 cm³/mol. The summed E-state index contributed by atoms with van der Waals surface area (Å²) in [6.07, 6.45) is 2.35. The van der Waals surface area contributed by atoms with E-state index in [9.17, 15) is 4.79 Å². The standard InChI is InChI=1S/C14H15N7OS/c1-9(2)7-12-17-18-14(23-12)16-13(22)10-3-5-11(6-4-10)21-8-15-19-20-21/h3-6,8-9H,7H2,1-2H3,(H,16,18,22). The van der Waals surface area contributed by atoms with Crippen LogP contribution in [0.2, 0.25) is 0 Å². The minimum atomic E-state index is -0.222. The molecule has 0 aliphatic heterocycles. The average molecular weight is 329 g/mol. The van der Waals surface area contributed by atoms with Gasteiger partial charge in [-0.25, -0.2) is 4.68 Å². The molecule has 0 saturated carbocycles. The van der Waals surface area contributed by atoms with Crippen LogP contribution in [-0.2, 0) is 6.42 Å². The largest absolute Gasteiger partial charge is 0.296 e. The maximum absolute atomic E-state index is 12.2. The van der Waals surface area contributed by atoms with Crippen LogP contribution in [0.3, 0.4) is 0 Å². The van der Waals surface area contributed by atoms with Gasteiger partial charge in [0, 0.05) is 12.0 Å². The number of hydrogen-bond acceptors (Lipinski definition) is 7. The van der Waals surface area contributed by atoms with E-state index < -0.39 is 0 Å². The van der Waals surface area contributed by atoms with Gasteiger partial charge >= 0.3 is 0 Å². The number of carbonyl (C=O) groups is 1. The fourth-order valence-electron chi connectivity index (χ4n) is 1.95. The Morgan fingerprint density at radius 1 is 1.26 bits per heavy atom. The van der Waals surface area contributed by atoms with E-state index in [1.165, 1.54) is 22.3 Å². The van der Waals surface area contributed by atoms with Crippen molar-refractivity contribution >= 4 is 22.4 Å². The predicted octanol–water partition coefficient (Wildman–Crippen LogP) is 1.96. The van der Waals surface area contributed by atoms with Gasteiger partial charge in [-0.05, 0) is 40.6 Å². The molecule has 23 heavy (non-hydrogen) atoms. The Balaban J connectivity index is 1.67. The van der Waals surface area contributed by atoms with Crippen molar-refractivity contribution in [1.82, 2.24) is 30.4 Å². The minimum absolute atomic E-state index is 0.222. The molecule has 8 nitrogen and oxygen atoms in total. The molecule has 0 saturated heterocycles. The number of nitrogens with one attached hydrogen (secondary N) is 1. The van der Waals surface area contributed by atoms with Gasteiger partial charge in [-0.2, -0.15) is 0 Å². The normalized spacial score (nSPS) is 10.9. The summed E-state index contributed by atoms with van der Waals surface area (Å²) >= 11 is 1.40. The van der Waals surface area contributed by atoms with Crippen LogP contribution in [-0.4, -0.2) is 36.3 Å². The highest BCUT2D eigenvalue weighted by Crippen LogP contribution is 2.19. The zero-order valence-corrected chi connectivity index (χ0v) is 13.5. The number of benzene rings is 1. The van der Waals surface area contributed by atoms with E-state index in [4.69, 9.17) is 0 Å². The number of hydrogen-bond donors (Lipinski definition) is 1. The first-order valence-electron chi connectivity index (χ1n) is 7.09. The van der Waals surface area contributed by atoms with Gasteiger partial charge in [0.25, 0.3) is 5.91 Å². The summed E-state index contributed by atoms with van der Waals surface area (Å²) in [4.78, 5) is 12.2. The molecule has 9 heteroatoms. The number of amides is 1. The monoisotopic (exact) mass is 329 g/mol. The van der Waals surface area contributed by atoms with Gasteiger partial charge in [0.1, 0.15) is 11.3 Å². The zero-order chi connectivity index (χ0) is 16.2. The van der Waals surface area contributed by atoms with Crippen LogP contribution in [0, 0.1) is 5.92 Å². The molecule has 1 aromatic carbocycles. The molecule has 0 aliphatic rings. The topological polar surface area (TPSA) is 98.5 Å². The maximum Gasteiger partial charge on any atom is 0.257 e. The van der Waals surface area contributed by atoms with Crippen LogP contribution in [0.25, 0.3) is 5.69 Å². The molecule has 2 heterocycles.